The molecule has 0 saturated heterocycles. The van der Waals surface area contributed by atoms with Gasteiger partial charge < -0.3 is 4.90 Å². The summed E-state index contributed by atoms with van der Waals surface area (Å²) in [5.41, 5.74) is 4.23. The summed E-state index contributed by atoms with van der Waals surface area (Å²) in [6.45, 7) is 2.88. The summed E-state index contributed by atoms with van der Waals surface area (Å²) < 4.78 is 2.00. The lowest BCUT2D eigenvalue weighted by Gasteiger charge is -2.31. The zero-order valence-electron chi connectivity index (χ0n) is 16.2. The van der Waals surface area contributed by atoms with E-state index in [-0.39, 0.29) is 6.04 Å². The van der Waals surface area contributed by atoms with Gasteiger partial charge in [0.05, 0.1) is 11.4 Å². The number of nitrogens with one attached hydrogen (secondary N) is 1. The highest BCUT2D eigenvalue weighted by Crippen LogP contribution is 2.24. The zero-order chi connectivity index (χ0) is 19.5. The highest BCUT2D eigenvalue weighted by atomic mass is 32.1. The van der Waals surface area contributed by atoms with Gasteiger partial charge in [-0.2, -0.15) is 0 Å². The lowest BCUT2D eigenvalue weighted by atomic mass is 9.98. The van der Waals surface area contributed by atoms with Gasteiger partial charge in [0.2, 0.25) is 5.82 Å². The third-order valence-electron chi connectivity index (χ3n) is 5.76. The minimum atomic E-state index is 0.161. The first-order valence-electron chi connectivity index (χ1n) is 10.1. The van der Waals surface area contributed by atoms with E-state index in [9.17, 15) is 0 Å². The van der Waals surface area contributed by atoms with E-state index in [0.717, 1.165) is 38.3 Å². The molecule has 0 saturated carbocycles. The molecule has 1 N–H and O–H groups in total. The Bertz CT molecular complexity index is 1060. The molecule has 2 aromatic carbocycles. The third kappa shape index (κ3) is 3.86. The van der Waals surface area contributed by atoms with Gasteiger partial charge in [-0.15, -0.1) is 16.4 Å². The number of thiophene rings is 1. The fraction of sp³-hybridized carbons (Fsp3) is 0.261. The molecule has 0 radical (unpaired) electrons. The van der Waals surface area contributed by atoms with Crippen LogP contribution in [0.3, 0.4) is 0 Å². The van der Waals surface area contributed by atoms with Crippen molar-refractivity contribution in [3.63, 3.8) is 0 Å². The van der Waals surface area contributed by atoms with Gasteiger partial charge >= 0.3 is 0 Å². The Morgan fingerprint density at radius 2 is 1.79 bits per heavy atom. The van der Waals surface area contributed by atoms with Gasteiger partial charge in [-0.1, -0.05) is 60.7 Å². The second-order valence-corrected chi connectivity index (χ2v) is 8.53. The summed E-state index contributed by atoms with van der Waals surface area (Å²) >= 11 is 1.80. The van der Waals surface area contributed by atoms with E-state index in [1.165, 1.54) is 26.5 Å². The summed E-state index contributed by atoms with van der Waals surface area (Å²) in [5.74, 6) is 0.970. The maximum atomic E-state index is 4.50. The molecule has 146 valence electrons. The van der Waals surface area contributed by atoms with Crippen molar-refractivity contribution >= 4 is 11.3 Å². The van der Waals surface area contributed by atoms with Crippen LogP contribution in [0.25, 0.3) is 0 Å². The van der Waals surface area contributed by atoms with Crippen LogP contribution >= 0.6 is 11.3 Å². The van der Waals surface area contributed by atoms with Crippen molar-refractivity contribution in [2.24, 2.45) is 0 Å². The Kier molecular flexibility index (Phi) is 5.19. The number of quaternary nitrogens is 1. The van der Waals surface area contributed by atoms with Crippen molar-refractivity contribution in [3.05, 3.63) is 99.5 Å². The van der Waals surface area contributed by atoms with Crippen molar-refractivity contribution in [1.29, 1.82) is 0 Å². The average Bonchev–Trinajstić information content (AvgIpc) is 3.46. The molecule has 0 fully saturated rings. The number of aryl methyl sites for hydroxylation is 2. The average molecular weight is 403 g/mol. The molecule has 0 spiro atoms. The van der Waals surface area contributed by atoms with E-state index in [1.54, 1.807) is 11.3 Å². The second kappa shape index (κ2) is 8.27. The van der Waals surface area contributed by atoms with Gasteiger partial charge in [0.25, 0.3) is 0 Å². The van der Waals surface area contributed by atoms with E-state index >= 15 is 0 Å². The summed E-state index contributed by atoms with van der Waals surface area (Å²) in [5, 5.41) is 15.1. The van der Waals surface area contributed by atoms with Crippen molar-refractivity contribution in [2.45, 2.75) is 32.0 Å². The van der Waals surface area contributed by atoms with Crippen molar-refractivity contribution in [1.82, 2.24) is 20.2 Å². The highest BCUT2D eigenvalue weighted by molar-refractivity contribution is 7.10. The first-order valence-corrected chi connectivity index (χ1v) is 11.0. The Labute approximate surface area is 174 Å². The zero-order valence-corrected chi connectivity index (χ0v) is 17.1. The molecule has 4 aromatic rings. The lowest BCUT2D eigenvalue weighted by Crippen LogP contribution is -3.12. The molecular formula is C23H24N5S+. The maximum absolute atomic E-state index is 4.50. The van der Waals surface area contributed by atoms with E-state index in [2.05, 4.69) is 87.6 Å². The van der Waals surface area contributed by atoms with Crippen molar-refractivity contribution < 1.29 is 4.90 Å². The standard InChI is InChI=1S/C23H23N5S/c1-2-7-18(8-3-1)12-15-28-23(24-25-26-28)22(21-11-6-16-29-21)27-14-13-19-9-4-5-10-20(19)17-27/h1-11,16,22H,12-15,17H2/p+1/t22-/m1/s1. The van der Waals surface area contributed by atoms with Gasteiger partial charge in [0.1, 0.15) is 6.54 Å². The molecule has 6 heteroatoms. The van der Waals surface area contributed by atoms with Crippen LogP contribution in [-0.4, -0.2) is 26.8 Å². The van der Waals surface area contributed by atoms with Crippen molar-refractivity contribution in [2.75, 3.05) is 6.54 Å². The molecule has 1 unspecified atom stereocenters. The highest BCUT2D eigenvalue weighted by Gasteiger charge is 2.34. The molecule has 5 rings (SSSR count). The Morgan fingerprint density at radius 1 is 0.966 bits per heavy atom. The van der Waals surface area contributed by atoms with Crippen LogP contribution in [0.15, 0.2) is 72.1 Å². The predicted molar refractivity (Wildman–Crippen MR) is 114 cm³/mol. The molecule has 2 atom stereocenters. The Balaban J connectivity index is 1.44. The molecule has 5 nitrogen and oxygen atoms in total. The largest absolute Gasteiger partial charge is 0.318 e. The maximum Gasteiger partial charge on any atom is 0.215 e. The fourth-order valence-corrected chi connectivity index (χ4v) is 5.15. The van der Waals surface area contributed by atoms with E-state index in [1.807, 2.05) is 4.68 Å². The third-order valence-corrected chi connectivity index (χ3v) is 6.70. The molecule has 2 aromatic heterocycles. The number of nitrogens with zero attached hydrogens (tertiary/aromatic N) is 4. The number of hydrogen-bond donors (Lipinski definition) is 1. The van der Waals surface area contributed by atoms with Gasteiger partial charge in [0, 0.05) is 18.5 Å². The molecule has 29 heavy (non-hydrogen) atoms. The van der Waals surface area contributed by atoms with Crippen LogP contribution in [0.1, 0.15) is 33.4 Å². The SMILES string of the molecule is c1ccc(CCn2nnnc2[C@@H](c2cccs2)[NH+]2CCc3ccccc3C2)cc1. The van der Waals surface area contributed by atoms with E-state index in [0.29, 0.717) is 0 Å². The first-order chi connectivity index (χ1) is 14.4. The number of aromatic nitrogens is 4. The lowest BCUT2D eigenvalue weighted by molar-refractivity contribution is -0.941. The second-order valence-electron chi connectivity index (χ2n) is 7.55. The van der Waals surface area contributed by atoms with Crippen LogP contribution < -0.4 is 4.90 Å². The summed E-state index contributed by atoms with van der Waals surface area (Å²) in [6.07, 6.45) is 2.02. The molecule has 3 heterocycles. The molecular weight excluding hydrogens is 378 g/mol. The summed E-state index contributed by atoms with van der Waals surface area (Å²) in [4.78, 5) is 2.84. The topological polar surface area (TPSA) is 48.0 Å². The number of rotatable bonds is 6. The number of tetrazole rings is 1. The summed E-state index contributed by atoms with van der Waals surface area (Å²) in [6, 6.07) is 23.9. The minimum absolute atomic E-state index is 0.161. The molecule has 0 bridgehead atoms. The minimum Gasteiger partial charge on any atom is -0.318 e. The molecule has 1 aliphatic heterocycles. The van der Waals surface area contributed by atoms with E-state index in [4.69, 9.17) is 0 Å². The van der Waals surface area contributed by atoms with Crippen LogP contribution in [-0.2, 0) is 25.9 Å². The van der Waals surface area contributed by atoms with Gasteiger partial charge in [0.15, 0.2) is 6.04 Å². The Hall–Kier alpha value is -2.83. The fourth-order valence-electron chi connectivity index (χ4n) is 4.27. The van der Waals surface area contributed by atoms with E-state index < -0.39 is 0 Å². The van der Waals surface area contributed by atoms with Gasteiger partial charge in [-0.25, -0.2) is 4.68 Å². The first kappa shape index (κ1) is 18.2. The van der Waals surface area contributed by atoms with Crippen LogP contribution in [0.4, 0.5) is 0 Å². The monoisotopic (exact) mass is 402 g/mol. The Morgan fingerprint density at radius 3 is 2.62 bits per heavy atom. The smallest absolute Gasteiger partial charge is 0.215 e. The van der Waals surface area contributed by atoms with Gasteiger partial charge in [-0.3, -0.25) is 0 Å². The quantitative estimate of drug-likeness (QED) is 0.539. The van der Waals surface area contributed by atoms with Crippen LogP contribution in [0, 0.1) is 0 Å². The van der Waals surface area contributed by atoms with Gasteiger partial charge in [-0.05, 0) is 39.4 Å². The number of benzene rings is 2. The predicted octanol–water partition coefficient (Wildman–Crippen LogP) is 2.71. The molecule has 0 amide bonds. The number of hydrogen-bond acceptors (Lipinski definition) is 4. The molecule has 1 aliphatic rings. The normalized spacial score (nSPS) is 17.0. The molecule has 0 aliphatic carbocycles. The summed E-state index contributed by atoms with van der Waals surface area (Å²) in [7, 11) is 0. The number of fused-ring (bicyclic) bond motifs is 1. The van der Waals surface area contributed by atoms with Crippen molar-refractivity contribution in [3.8, 4) is 0 Å². The van der Waals surface area contributed by atoms with Crippen LogP contribution in [0.2, 0.25) is 0 Å². The van der Waals surface area contributed by atoms with Crippen LogP contribution in [0.5, 0.6) is 0 Å².